The first-order chi connectivity index (χ1) is 27.5. The van der Waals surface area contributed by atoms with Crippen LogP contribution in [0.5, 0.6) is 0 Å². The molecule has 5 aliphatic rings. The van der Waals surface area contributed by atoms with Crippen molar-refractivity contribution in [1.29, 1.82) is 0 Å². The molecule has 2 N–H and O–H groups in total. The smallest absolute Gasteiger partial charge is 0.262 e. The summed E-state index contributed by atoms with van der Waals surface area (Å²) in [5.41, 5.74) is 3.05. The van der Waals surface area contributed by atoms with Crippen LogP contribution in [0.4, 0.5) is 17.1 Å². The highest BCUT2D eigenvalue weighted by Gasteiger charge is 2.46. The van der Waals surface area contributed by atoms with Gasteiger partial charge in [0.25, 0.3) is 17.7 Å². The van der Waals surface area contributed by atoms with Crippen molar-refractivity contribution >= 4 is 57.4 Å². The van der Waals surface area contributed by atoms with Crippen molar-refractivity contribution in [3.8, 4) is 0 Å². The number of piperidine rings is 2. The van der Waals surface area contributed by atoms with Gasteiger partial charge in [-0.25, -0.2) is 4.85 Å². The summed E-state index contributed by atoms with van der Waals surface area (Å²) in [6.07, 6.45) is 8.65. The molecule has 3 aromatic carbocycles. The molecule has 292 valence electrons. The molecule has 5 amide bonds. The highest BCUT2D eigenvalue weighted by atomic mass is 16.2. The molecule has 0 bridgehead atoms. The van der Waals surface area contributed by atoms with Gasteiger partial charge in [0.15, 0.2) is 5.69 Å². The lowest BCUT2D eigenvalue weighted by atomic mass is 9.90. The lowest BCUT2D eigenvalue weighted by molar-refractivity contribution is -0.136. The molecule has 1 aliphatic carbocycles. The van der Waals surface area contributed by atoms with E-state index in [4.69, 9.17) is 6.57 Å². The molecule has 57 heavy (non-hydrogen) atoms. The molecule has 0 radical (unpaired) electrons. The summed E-state index contributed by atoms with van der Waals surface area (Å²) in [5, 5.41) is 11.7. The number of hydrogen-bond acceptors (Lipinski definition) is 8. The van der Waals surface area contributed by atoms with Gasteiger partial charge in [-0.3, -0.25) is 38.9 Å². The first-order valence-electron chi connectivity index (χ1n) is 20.1. The Labute approximate surface area is 331 Å². The maximum atomic E-state index is 13.6. The number of anilines is 2. The van der Waals surface area contributed by atoms with Crippen molar-refractivity contribution in [3.05, 3.63) is 95.1 Å². The quantitative estimate of drug-likeness (QED) is 0.172. The van der Waals surface area contributed by atoms with E-state index in [9.17, 15) is 24.0 Å². The minimum Gasteiger partial charge on any atom is -0.371 e. The highest BCUT2D eigenvalue weighted by molar-refractivity contribution is 6.23. The lowest BCUT2D eigenvalue weighted by Crippen LogP contribution is -2.54. The topological polar surface area (TPSA) is 141 Å². The van der Waals surface area contributed by atoms with Crippen LogP contribution in [-0.4, -0.2) is 87.9 Å². The lowest BCUT2D eigenvalue weighted by Gasteiger charge is -2.33. The molecule has 13 heteroatoms. The third-order valence-electron chi connectivity index (χ3n) is 13.2. The molecule has 1 saturated carbocycles. The molecule has 3 unspecified atom stereocenters. The summed E-state index contributed by atoms with van der Waals surface area (Å²) in [7, 11) is 0. The SMILES string of the molecule is [C-]#[N+]c1ccc(NC(=O)C(C)(C)n2cc(C3CCN(CC4CC5CN(c6ccc7c(c6)C(=O)N(C6CCC(=O)NC6=O)C7=O)CC5C4)CC3)cn2)c2ccccc12. The van der Waals surface area contributed by atoms with Crippen LogP contribution in [0.15, 0.2) is 67.0 Å². The van der Waals surface area contributed by atoms with E-state index in [0.717, 1.165) is 66.9 Å². The van der Waals surface area contributed by atoms with Crippen molar-refractivity contribution in [3.63, 3.8) is 0 Å². The molecule has 3 saturated heterocycles. The normalized spacial score (nSPS) is 24.2. The maximum absolute atomic E-state index is 13.6. The number of nitrogens with zero attached hydrogens (tertiary/aromatic N) is 6. The van der Waals surface area contributed by atoms with Crippen molar-refractivity contribution < 1.29 is 24.0 Å². The van der Waals surface area contributed by atoms with E-state index < -0.39 is 29.3 Å². The van der Waals surface area contributed by atoms with Crippen LogP contribution in [0, 0.1) is 24.3 Å². The van der Waals surface area contributed by atoms with Crippen LogP contribution >= 0.6 is 0 Å². The van der Waals surface area contributed by atoms with Gasteiger partial charge in [-0.2, -0.15) is 5.10 Å². The second-order valence-corrected chi connectivity index (χ2v) is 17.0. The van der Waals surface area contributed by atoms with Crippen molar-refractivity contribution in [2.75, 3.05) is 42.9 Å². The van der Waals surface area contributed by atoms with E-state index in [1.807, 2.05) is 62.6 Å². The number of likely N-dealkylation sites (tertiary alicyclic amines) is 1. The summed E-state index contributed by atoms with van der Waals surface area (Å²) >= 11 is 0. The Bertz CT molecular complexity index is 2360. The summed E-state index contributed by atoms with van der Waals surface area (Å²) < 4.78 is 1.77. The van der Waals surface area contributed by atoms with Gasteiger partial charge >= 0.3 is 0 Å². The fraction of sp³-hybridized carbons (Fsp3) is 0.432. The summed E-state index contributed by atoms with van der Waals surface area (Å²) in [5.74, 6) is 0.111. The maximum Gasteiger partial charge on any atom is 0.262 e. The van der Waals surface area contributed by atoms with E-state index in [0.29, 0.717) is 46.2 Å². The zero-order chi connectivity index (χ0) is 39.6. The third kappa shape index (κ3) is 6.55. The van der Waals surface area contributed by atoms with Crippen molar-refractivity contribution in [2.45, 2.75) is 69.9 Å². The van der Waals surface area contributed by atoms with Gasteiger partial charge < -0.3 is 15.1 Å². The van der Waals surface area contributed by atoms with Crippen LogP contribution in [0.25, 0.3) is 15.6 Å². The fourth-order valence-corrected chi connectivity index (χ4v) is 9.98. The van der Waals surface area contributed by atoms with Gasteiger partial charge in [0.1, 0.15) is 11.6 Å². The van der Waals surface area contributed by atoms with Crippen molar-refractivity contribution in [1.82, 2.24) is 24.9 Å². The number of aromatic nitrogens is 2. The molecule has 0 spiro atoms. The number of rotatable bonds is 8. The first-order valence-corrected chi connectivity index (χ1v) is 20.1. The van der Waals surface area contributed by atoms with E-state index >= 15 is 0 Å². The molecule has 9 rings (SSSR count). The average molecular weight is 767 g/mol. The van der Waals surface area contributed by atoms with Gasteiger partial charge in [-0.1, -0.05) is 30.3 Å². The summed E-state index contributed by atoms with van der Waals surface area (Å²) in [6.45, 7) is 16.3. The summed E-state index contributed by atoms with van der Waals surface area (Å²) in [4.78, 5) is 73.9. The van der Waals surface area contributed by atoms with E-state index in [1.54, 1.807) is 22.9 Å². The van der Waals surface area contributed by atoms with Gasteiger partial charge in [0.2, 0.25) is 11.8 Å². The number of fused-ring (bicyclic) bond motifs is 3. The molecular weight excluding hydrogens is 721 g/mol. The average Bonchev–Trinajstić information content (AvgIpc) is 3.99. The van der Waals surface area contributed by atoms with Gasteiger partial charge in [0.05, 0.1) is 23.9 Å². The number of benzene rings is 3. The van der Waals surface area contributed by atoms with Crippen LogP contribution in [0.3, 0.4) is 0 Å². The molecular formula is C44H46N8O5. The Morgan fingerprint density at radius 1 is 0.930 bits per heavy atom. The van der Waals surface area contributed by atoms with Crippen LogP contribution in [0.2, 0.25) is 0 Å². The molecule has 4 fully saturated rings. The zero-order valence-corrected chi connectivity index (χ0v) is 32.2. The Morgan fingerprint density at radius 2 is 1.65 bits per heavy atom. The van der Waals surface area contributed by atoms with Crippen molar-refractivity contribution in [2.24, 2.45) is 17.8 Å². The van der Waals surface area contributed by atoms with Crippen LogP contribution in [0.1, 0.15) is 84.6 Å². The number of hydrogen-bond donors (Lipinski definition) is 2. The highest BCUT2D eigenvalue weighted by Crippen LogP contribution is 2.44. The van der Waals surface area contributed by atoms with Gasteiger partial charge in [0, 0.05) is 43.6 Å². The summed E-state index contributed by atoms with van der Waals surface area (Å²) in [6, 6.07) is 15.6. The third-order valence-corrected chi connectivity index (χ3v) is 13.2. The molecule has 1 aromatic heterocycles. The Morgan fingerprint density at radius 3 is 2.37 bits per heavy atom. The second-order valence-electron chi connectivity index (χ2n) is 17.0. The number of carbonyl (C=O) groups is 5. The van der Waals surface area contributed by atoms with E-state index in [-0.39, 0.29) is 24.7 Å². The second kappa shape index (κ2) is 14.3. The zero-order valence-electron chi connectivity index (χ0n) is 32.2. The number of nitrogens with one attached hydrogen (secondary N) is 2. The first kappa shape index (κ1) is 36.7. The standard InChI is InChI=1S/C44H46N8O5/c1-44(2,43(57)47-37-11-10-36(45-3)32-6-4-5-7-33(32)37)51-25-30(21-46-51)27-14-16-49(17-15-27)22-26-18-28-23-50(24-29(28)19-26)31-8-9-34-35(20-31)42(56)52(41(34)55)38-12-13-39(53)48-40(38)54/h4-11,20-21,25-29,38H,12-19,22-24H2,1-2H3,(H,47,57)(H,48,53,54). The van der Waals surface area contributed by atoms with E-state index in [1.165, 1.54) is 18.4 Å². The predicted octanol–water partition coefficient (Wildman–Crippen LogP) is 5.70. The molecule has 13 nitrogen and oxygen atoms in total. The van der Waals surface area contributed by atoms with Gasteiger partial charge in [-0.15, -0.1) is 0 Å². The Hall–Kier alpha value is -5.87. The fourth-order valence-electron chi connectivity index (χ4n) is 9.98. The molecule has 4 aromatic rings. The molecule has 3 atom stereocenters. The number of imide groups is 2. The predicted molar refractivity (Wildman–Crippen MR) is 214 cm³/mol. The monoisotopic (exact) mass is 766 g/mol. The Kier molecular flexibility index (Phi) is 9.19. The van der Waals surface area contributed by atoms with Gasteiger partial charge in [-0.05, 0) is 123 Å². The van der Waals surface area contributed by atoms with Crippen LogP contribution < -0.4 is 15.5 Å². The van der Waals surface area contributed by atoms with Crippen LogP contribution in [-0.2, 0) is 19.9 Å². The van der Waals surface area contributed by atoms with E-state index in [2.05, 4.69) is 30.4 Å². The number of amides is 5. The minimum atomic E-state index is -0.964. The largest absolute Gasteiger partial charge is 0.371 e. The Balaban J connectivity index is 0.762. The minimum absolute atomic E-state index is 0.0988. The molecule has 4 aliphatic heterocycles. The molecule has 5 heterocycles. The number of carbonyl (C=O) groups excluding carboxylic acids is 5.